The molecule has 2 aromatic rings. The maximum absolute atomic E-state index is 13.5. The minimum atomic E-state index is -4.66. The van der Waals surface area contributed by atoms with Crippen LogP contribution in [0.15, 0.2) is 6.07 Å². The number of anilines is 2. The number of nitrogens with two attached hydrogens (primary N) is 2. The number of carbonyl (C=O) groups is 1. The standard InChI is InChI=1S/C14H15F3N4O2S/c15-14(16,17)7-5-8(21-3-1-6(18)2-4-21)20-12-9(7)10(19)11(24-12)13(22)23/h5-6H,1-4,18-19H2,(H,22,23). The van der Waals surface area contributed by atoms with Gasteiger partial charge in [0, 0.05) is 24.5 Å². The number of halogens is 3. The smallest absolute Gasteiger partial charge is 0.417 e. The van der Waals surface area contributed by atoms with Gasteiger partial charge in [0.1, 0.15) is 15.5 Å². The van der Waals surface area contributed by atoms with Crippen molar-refractivity contribution in [3.8, 4) is 0 Å². The van der Waals surface area contributed by atoms with Gasteiger partial charge in [0.15, 0.2) is 0 Å². The van der Waals surface area contributed by atoms with E-state index in [-0.39, 0.29) is 27.0 Å². The van der Waals surface area contributed by atoms with Crippen LogP contribution in [0.3, 0.4) is 0 Å². The molecule has 3 rings (SSSR count). The van der Waals surface area contributed by atoms with Gasteiger partial charge in [-0.15, -0.1) is 11.3 Å². The first-order valence-electron chi connectivity index (χ1n) is 7.22. The molecule has 1 aliphatic heterocycles. The van der Waals surface area contributed by atoms with E-state index in [1.165, 1.54) is 0 Å². The number of carboxylic acids is 1. The topological polar surface area (TPSA) is 105 Å². The number of nitrogen functional groups attached to an aromatic ring is 1. The molecule has 130 valence electrons. The van der Waals surface area contributed by atoms with Crippen molar-refractivity contribution >= 4 is 39.0 Å². The van der Waals surface area contributed by atoms with Gasteiger partial charge < -0.3 is 21.5 Å². The molecule has 10 heteroatoms. The van der Waals surface area contributed by atoms with Crippen molar-refractivity contribution in [3.63, 3.8) is 0 Å². The molecule has 1 saturated heterocycles. The van der Waals surface area contributed by atoms with Gasteiger partial charge in [0.05, 0.1) is 11.3 Å². The molecule has 0 saturated carbocycles. The van der Waals surface area contributed by atoms with Crippen LogP contribution in [0.25, 0.3) is 10.2 Å². The summed E-state index contributed by atoms with van der Waals surface area (Å²) in [7, 11) is 0. The van der Waals surface area contributed by atoms with Crippen molar-refractivity contribution in [3.05, 3.63) is 16.5 Å². The second kappa shape index (κ2) is 5.78. The fourth-order valence-electron chi connectivity index (χ4n) is 2.78. The molecule has 3 heterocycles. The summed E-state index contributed by atoms with van der Waals surface area (Å²) in [6, 6.07) is 0.969. The number of piperidine rings is 1. The summed E-state index contributed by atoms with van der Waals surface area (Å²) in [4.78, 5) is 16.8. The van der Waals surface area contributed by atoms with Gasteiger partial charge in [0.2, 0.25) is 0 Å². The van der Waals surface area contributed by atoms with Gasteiger partial charge in [-0.25, -0.2) is 9.78 Å². The fraction of sp³-hybridized carbons (Fsp3) is 0.429. The molecule has 6 nitrogen and oxygen atoms in total. The second-order valence-corrected chi connectivity index (χ2v) is 6.68. The zero-order valence-electron chi connectivity index (χ0n) is 12.4. The lowest BCUT2D eigenvalue weighted by molar-refractivity contribution is -0.136. The Morgan fingerprint density at radius 1 is 1.38 bits per heavy atom. The lowest BCUT2D eigenvalue weighted by Gasteiger charge is -2.31. The molecule has 0 amide bonds. The minimum Gasteiger partial charge on any atom is -0.477 e. The van der Waals surface area contributed by atoms with E-state index in [9.17, 15) is 18.0 Å². The van der Waals surface area contributed by atoms with E-state index >= 15 is 0 Å². The first-order chi connectivity index (χ1) is 11.2. The quantitative estimate of drug-likeness (QED) is 0.760. The normalized spacial score (nSPS) is 16.8. The Morgan fingerprint density at radius 3 is 2.54 bits per heavy atom. The largest absolute Gasteiger partial charge is 0.477 e. The van der Waals surface area contributed by atoms with Gasteiger partial charge in [0.25, 0.3) is 0 Å². The average molecular weight is 360 g/mol. The number of hydrogen-bond donors (Lipinski definition) is 3. The van der Waals surface area contributed by atoms with Crippen LogP contribution in [0.4, 0.5) is 24.7 Å². The highest BCUT2D eigenvalue weighted by molar-refractivity contribution is 7.21. The van der Waals surface area contributed by atoms with Gasteiger partial charge in [-0.05, 0) is 18.9 Å². The van der Waals surface area contributed by atoms with Gasteiger partial charge >= 0.3 is 12.1 Å². The van der Waals surface area contributed by atoms with Crippen molar-refractivity contribution in [2.75, 3.05) is 23.7 Å². The number of aromatic nitrogens is 1. The van der Waals surface area contributed by atoms with Gasteiger partial charge in [-0.3, -0.25) is 0 Å². The Morgan fingerprint density at radius 2 is 2.00 bits per heavy atom. The van der Waals surface area contributed by atoms with Gasteiger partial charge in [-0.2, -0.15) is 13.2 Å². The summed E-state index contributed by atoms with van der Waals surface area (Å²) in [6.07, 6.45) is -3.34. The SMILES string of the molecule is Nc1c(C(=O)O)sc2nc(N3CCC(N)CC3)cc(C(F)(F)F)c12. The van der Waals surface area contributed by atoms with Crippen molar-refractivity contribution in [1.29, 1.82) is 0 Å². The predicted octanol–water partition coefficient (Wildman–Crippen LogP) is 2.52. The summed E-state index contributed by atoms with van der Waals surface area (Å²) in [5.74, 6) is -1.20. The second-order valence-electron chi connectivity index (χ2n) is 5.68. The molecule has 0 aromatic carbocycles. The third-order valence-electron chi connectivity index (χ3n) is 4.05. The Balaban J connectivity index is 2.18. The Bertz CT molecular complexity index is 797. The van der Waals surface area contributed by atoms with E-state index in [0.29, 0.717) is 37.3 Å². The first-order valence-corrected chi connectivity index (χ1v) is 8.04. The van der Waals surface area contributed by atoms with E-state index in [1.807, 2.05) is 0 Å². The first kappa shape index (κ1) is 16.8. The Kier molecular flexibility index (Phi) is 4.04. The number of fused-ring (bicyclic) bond motifs is 1. The van der Waals surface area contributed by atoms with Gasteiger partial charge in [-0.1, -0.05) is 0 Å². The van der Waals surface area contributed by atoms with Crippen LogP contribution in [0, 0.1) is 0 Å². The molecule has 1 fully saturated rings. The number of alkyl halides is 3. The molecule has 0 atom stereocenters. The van der Waals surface area contributed by atoms with Crippen LogP contribution in [0.1, 0.15) is 28.1 Å². The van der Waals surface area contributed by atoms with E-state index in [1.54, 1.807) is 4.90 Å². The summed E-state index contributed by atoms with van der Waals surface area (Å²) >= 11 is 0.654. The highest BCUT2D eigenvalue weighted by atomic mass is 32.1. The monoisotopic (exact) mass is 360 g/mol. The Labute approximate surface area is 138 Å². The van der Waals surface area contributed by atoms with E-state index in [0.717, 1.165) is 6.07 Å². The fourth-order valence-corrected chi connectivity index (χ4v) is 3.73. The van der Waals surface area contributed by atoms with Crippen LogP contribution < -0.4 is 16.4 Å². The lowest BCUT2D eigenvalue weighted by atomic mass is 10.1. The molecular formula is C14H15F3N4O2S. The molecule has 0 unspecified atom stereocenters. The van der Waals surface area contributed by atoms with Crippen LogP contribution in [-0.2, 0) is 6.18 Å². The number of nitrogens with zero attached hydrogens (tertiary/aromatic N) is 2. The number of aromatic carboxylic acids is 1. The molecule has 0 bridgehead atoms. The molecular weight excluding hydrogens is 345 g/mol. The number of pyridine rings is 1. The Hall–Kier alpha value is -2.07. The zero-order chi connectivity index (χ0) is 17.6. The molecule has 0 spiro atoms. The summed E-state index contributed by atoms with van der Waals surface area (Å²) < 4.78 is 40.4. The van der Waals surface area contributed by atoms with Crippen LogP contribution in [0.5, 0.6) is 0 Å². The third kappa shape index (κ3) is 2.86. The maximum atomic E-state index is 13.5. The lowest BCUT2D eigenvalue weighted by Crippen LogP contribution is -2.40. The third-order valence-corrected chi connectivity index (χ3v) is 5.14. The molecule has 24 heavy (non-hydrogen) atoms. The number of rotatable bonds is 2. The maximum Gasteiger partial charge on any atom is 0.417 e. The molecule has 5 N–H and O–H groups in total. The van der Waals surface area contributed by atoms with Crippen molar-refractivity contribution in [1.82, 2.24) is 4.98 Å². The van der Waals surface area contributed by atoms with Crippen molar-refractivity contribution in [2.45, 2.75) is 25.1 Å². The van der Waals surface area contributed by atoms with E-state index in [2.05, 4.69) is 4.98 Å². The number of thiophene rings is 1. The molecule has 1 aliphatic rings. The van der Waals surface area contributed by atoms with E-state index < -0.39 is 23.4 Å². The predicted molar refractivity (Wildman–Crippen MR) is 85.4 cm³/mol. The number of hydrogen-bond acceptors (Lipinski definition) is 6. The van der Waals surface area contributed by atoms with E-state index in [4.69, 9.17) is 16.6 Å². The average Bonchev–Trinajstić information content (AvgIpc) is 2.83. The summed E-state index contributed by atoms with van der Waals surface area (Å²) in [5.41, 5.74) is 10.1. The van der Waals surface area contributed by atoms with Crippen LogP contribution >= 0.6 is 11.3 Å². The molecule has 0 aliphatic carbocycles. The molecule has 2 aromatic heterocycles. The minimum absolute atomic E-state index is 0.0235. The number of carboxylic acid groups (broad SMARTS) is 1. The van der Waals surface area contributed by atoms with Crippen molar-refractivity contribution in [2.24, 2.45) is 5.73 Å². The highest BCUT2D eigenvalue weighted by Gasteiger charge is 2.37. The van der Waals surface area contributed by atoms with Crippen molar-refractivity contribution < 1.29 is 23.1 Å². The summed E-state index contributed by atoms with van der Waals surface area (Å²) in [5, 5.41) is 8.76. The summed E-state index contributed by atoms with van der Waals surface area (Å²) in [6.45, 7) is 1.01. The molecule has 0 radical (unpaired) electrons. The zero-order valence-corrected chi connectivity index (χ0v) is 13.2. The van der Waals surface area contributed by atoms with Crippen LogP contribution in [0.2, 0.25) is 0 Å². The van der Waals surface area contributed by atoms with Crippen LogP contribution in [-0.4, -0.2) is 35.2 Å². The highest BCUT2D eigenvalue weighted by Crippen LogP contribution is 2.43.